The second-order valence-corrected chi connectivity index (χ2v) is 14.1. The van der Waals surface area contributed by atoms with Crippen LogP contribution >= 0.6 is 23.5 Å². The highest BCUT2D eigenvalue weighted by atomic mass is 32.2. The van der Waals surface area contributed by atoms with Crippen molar-refractivity contribution in [3.8, 4) is 0 Å². The highest BCUT2D eigenvalue weighted by Crippen LogP contribution is 2.30. The van der Waals surface area contributed by atoms with Crippen molar-refractivity contribution in [1.82, 2.24) is 26.2 Å². The first-order valence-electron chi connectivity index (χ1n) is 16.8. The van der Waals surface area contributed by atoms with E-state index in [9.17, 15) is 38.4 Å². The average molecular weight is 751 g/mol. The molecule has 0 aromatic heterocycles. The van der Waals surface area contributed by atoms with Crippen molar-refractivity contribution < 1.29 is 38.4 Å². The normalized spacial score (nSPS) is 16.6. The Morgan fingerprint density at radius 1 is 0.667 bits per heavy atom. The first-order valence-corrected chi connectivity index (χ1v) is 18.9. The van der Waals surface area contributed by atoms with Crippen molar-refractivity contribution in [2.24, 2.45) is 0 Å². The number of likely N-dealkylation sites (tertiary alicyclic amines) is 1. The number of benzene rings is 1. The van der Waals surface area contributed by atoms with E-state index in [4.69, 9.17) is 0 Å². The van der Waals surface area contributed by atoms with Gasteiger partial charge in [0.2, 0.25) is 41.4 Å². The third kappa shape index (κ3) is 15.1. The third-order valence-corrected chi connectivity index (χ3v) is 10.5. The van der Waals surface area contributed by atoms with Crippen LogP contribution in [0, 0.1) is 0 Å². The first kappa shape index (κ1) is 45.1. The van der Waals surface area contributed by atoms with Gasteiger partial charge in [-0.2, -0.15) is 0 Å². The topological polar surface area (TPSA) is 191 Å². The molecule has 0 bridgehead atoms. The number of nitrogens with one attached hydrogen (secondary N) is 4. The van der Waals surface area contributed by atoms with Gasteiger partial charge in [0.1, 0.15) is 0 Å². The molecule has 16 heteroatoms. The van der Waals surface area contributed by atoms with Crippen LogP contribution in [0.4, 0.5) is 5.69 Å². The molecule has 2 fully saturated rings. The molecule has 2 heterocycles. The van der Waals surface area contributed by atoms with Crippen molar-refractivity contribution in [2.75, 3.05) is 51.1 Å². The highest BCUT2D eigenvalue weighted by molar-refractivity contribution is 8.01. The Bertz CT molecular complexity index is 1380. The van der Waals surface area contributed by atoms with Crippen molar-refractivity contribution in [3.63, 3.8) is 0 Å². The van der Waals surface area contributed by atoms with E-state index in [0.717, 1.165) is 68.0 Å². The van der Waals surface area contributed by atoms with Gasteiger partial charge in [-0.1, -0.05) is 52.0 Å². The van der Waals surface area contributed by atoms with Crippen LogP contribution in [0.2, 0.25) is 0 Å². The molecule has 3 rings (SSSR count). The van der Waals surface area contributed by atoms with Crippen molar-refractivity contribution in [2.45, 2.75) is 88.6 Å². The number of rotatable bonds is 19. The van der Waals surface area contributed by atoms with Gasteiger partial charge in [0.15, 0.2) is 0 Å². The van der Waals surface area contributed by atoms with Crippen LogP contribution < -0.4 is 26.2 Å². The smallest absolute Gasteiger partial charge is 0.251 e. The SMILES string of the molecule is C.CNC(=O)CCCCCCCCCCN1C(=O)CC(SCC(=O)NC)C1=O.CNC(=O)CSC1CC(=O)N(c2cccc(C(=O)NC)c2)C1=O. The lowest BCUT2D eigenvalue weighted by atomic mass is 10.1. The number of imide groups is 2. The molecule has 2 aliphatic heterocycles. The van der Waals surface area contributed by atoms with E-state index >= 15 is 0 Å². The van der Waals surface area contributed by atoms with Crippen LogP contribution in [0.3, 0.4) is 0 Å². The summed E-state index contributed by atoms with van der Waals surface area (Å²) in [5, 5.41) is 9.11. The number of thioether (sulfide) groups is 2. The third-order valence-electron chi connectivity index (χ3n) is 8.10. The summed E-state index contributed by atoms with van der Waals surface area (Å²) in [7, 11) is 6.24. The van der Waals surface area contributed by atoms with E-state index in [1.165, 1.54) is 36.8 Å². The maximum atomic E-state index is 12.4. The van der Waals surface area contributed by atoms with Gasteiger partial charge < -0.3 is 21.3 Å². The Morgan fingerprint density at radius 2 is 1.18 bits per heavy atom. The molecule has 2 atom stereocenters. The molecular formula is C35H54N6O8S2. The number of hydrogen-bond acceptors (Lipinski definition) is 10. The average Bonchev–Trinajstić information content (AvgIpc) is 3.57. The summed E-state index contributed by atoms with van der Waals surface area (Å²) in [6.07, 6.45) is 9.27. The van der Waals surface area contributed by atoms with E-state index in [1.807, 2.05) is 0 Å². The summed E-state index contributed by atoms with van der Waals surface area (Å²) >= 11 is 2.38. The zero-order chi connectivity index (χ0) is 37.1. The predicted molar refractivity (Wildman–Crippen MR) is 201 cm³/mol. The number of unbranched alkanes of at least 4 members (excludes halogenated alkanes) is 7. The molecule has 2 saturated heterocycles. The standard InChI is InChI=1S/C19H33N3O4S.C15H17N3O4S.CH4/c1-20-16(23)11-9-7-5-3-4-6-8-10-12-22-18(25)13-15(19(22)26)27-14-17(24)21-2;1-16-12(19)8-23-11-7-13(20)18(15(11)22)10-5-3-4-9(6-10)14(21)17-2;/h15H,3-14H2,1-2H3,(H,20,23)(H,21,24);3-6,11H,7-8H2,1-2H3,(H,16,19)(H,17,21);1H4. The largest absolute Gasteiger partial charge is 0.359 e. The Morgan fingerprint density at radius 3 is 1.73 bits per heavy atom. The fourth-order valence-electron chi connectivity index (χ4n) is 5.19. The van der Waals surface area contributed by atoms with Gasteiger partial charge in [-0.05, 0) is 31.0 Å². The quantitative estimate of drug-likeness (QED) is 0.121. The number of carbonyl (C=O) groups is 8. The van der Waals surface area contributed by atoms with E-state index in [1.54, 1.807) is 32.3 Å². The lowest BCUT2D eigenvalue weighted by Crippen LogP contribution is -2.32. The second-order valence-electron chi connectivity index (χ2n) is 11.7. The Balaban J connectivity index is 0.000000505. The van der Waals surface area contributed by atoms with Gasteiger partial charge in [-0.25, -0.2) is 4.90 Å². The van der Waals surface area contributed by atoms with Crippen LogP contribution in [0.25, 0.3) is 0 Å². The number of amides is 8. The molecule has 8 amide bonds. The zero-order valence-electron chi connectivity index (χ0n) is 29.3. The number of carbonyl (C=O) groups excluding carboxylic acids is 8. The van der Waals surface area contributed by atoms with Gasteiger partial charge in [0.05, 0.1) is 27.7 Å². The van der Waals surface area contributed by atoms with Gasteiger partial charge in [-0.15, -0.1) is 23.5 Å². The molecule has 4 N–H and O–H groups in total. The van der Waals surface area contributed by atoms with Gasteiger partial charge in [0.25, 0.3) is 5.91 Å². The molecule has 51 heavy (non-hydrogen) atoms. The zero-order valence-corrected chi connectivity index (χ0v) is 31.0. The molecular weight excluding hydrogens is 697 g/mol. The number of anilines is 1. The maximum Gasteiger partial charge on any atom is 0.251 e. The lowest BCUT2D eigenvalue weighted by molar-refractivity contribution is -0.138. The minimum atomic E-state index is -0.580. The number of nitrogens with zero attached hydrogens (tertiary/aromatic N) is 2. The molecule has 0 radical (unpaired) electrons. The second kappa shape index (κ2) is 24.3. The molecule has 14 nitrogen and oxygen atoms in total. The summed E-state index contributed by atoms with van der Waals surface area (Å²) in [5.41, 5.74) is 0.733. The molecule has 1 aromatic carbocycles. The van der Waals surface area contributed by atoms with Gasteiger partial charge in [0, 0.05) is 59.6 Å². The molecule has 2 unspecified atom stereocenters. The van der Waals surface area contributed by atoms with Crippen molar-refractivity contribution >= 4 is 76.5 Å². The predicted octanol–water partition coefficient (Wildman–Crippen LogP) is 2.64. The Kier molecular flexibility index (Phi) is 21.5. The molecule has 1 aromatic rings. The summed E-state index contributed by atoms with van der Waals surface area (Å²) in [5.74, 6) is -1.16. The van der Waals surface area contributed by atoms with Crippen molar-refractivity contribution in [1.29, 1.82) is 0 Å². The van der Waals surface area contributed by atoms with Crippen LogP contribution in [0.1, 0.15) is 88.4 Å². The van der Waals surface area contributed by atoms with E-state index in [-0.39, 0.29) is 79.0 Å². The summed E-state index contributed by atoms with van der Waals surface area (Å²) in [6.45, 7) is 0.487. The molecule has 2 aliphatic rings. The van der Waals surface area contributed by atoms with E-state index in [0.29, 0.717) is 24.2 Å². The minimum Gasteiger partial charge on any atom is -0.359 e. The molecule has 284 valence electrons. The lowest BCUT2D eigenvalue weighted by Gasteiger charge is -2.15. The molecule has 0 saturated carbocycles. The number of hydrogen-bond donors (Lipinski definition) is 4. The monoisotopic (exact) mass is 750 g/mol. The fourth-order valence-corrected chi connectivity index (χ4v) is 7.22. The van der Waals surface area contributed by atoms with E-state index in [2.05, 4.69) is 21.3 Å². The van der Waals surface area contributed by atoms with E-state index < -0.39 is 10.5 Å². The summed E-state index contributed by atoms with van der Waals surface area (Å²) < 4.78 is 0. The summed E-state index contributed by atoms with van der Waals surface area (Å²) in [4.78, 5) is 96.6. The van der Waals surface area contributed by atoms with Gasteiger partial charge in [-0.3, -0.25) is 43.3 Å². The minimum absolute atomic E-state index is 0. The van der Waals surface area contributed by atoms with Gasteiger partial charge >= 0.3 is 0 Å². The van der Waals surface area contributed by atoms with Crippen molar-refractivity contribution in [3.05, 3.63) is 29.8 Å². The maximum absolute atomic E-state index is 12.4. The summed E-state index contributed by atoms with van der Waals surface area (Å²) in [6, 6.07) is 6.32. The highest BCUT2D eigenvalue weighted by Gasteiger charge is 2.40. The van der Waals surface area contributed by atoms with Crippen LogP contribution in [0.5, 0.6) is 0 Å². The van der Waals surface area contributed by atoms with Crippen LogP contribution in [-0.2, 0) is 33.6 Å². The molecule has 0 aliphatic carbocycles. The first-order chi connectivity index (χ1) is 24.0. The Hall–Kier alpha value is -3.92. The molecule has 0 spiro atoms. The van der Waals surface area contributed by atoms with Crippen LogP contribution in [0.15, 0.2) is 24.3 Å². The van der Waals surface area contributed by atoms with Crippen LogP contribution in [-0.4, -0.2) is 109 Å². The fraction of sp³-hybridized carbons (Fsp3) is 0.600. The Labute approximate surface area is 309 Å².